The van der Waals surface area contributed by atoms with Gasteiger partial charge in [0.25, 0.3) is 0 Å². The van der Waals surface area contributed by atoms with Crippen LogP contribution in [-0.2, 0) is 19.2 Å². The number of rotatable bonds is 10. The molecule has 0 spiro atoms. The van der Waals surface area contributed by atoms with Crippen LogP contribution in [0.3, 0.4) is 0 Å². The molecule has 0 rings (SSSR count). The molecule has 0 unspecified atom stereocenters. The van der Waals surface area contributed by atoms with Gasteiger partial charge in [-0.3, -0.25) is 30.0 Å². The van der Waals surface area contributed by atoms with Crippen molar-refractivity contribution in [3.05, 3.63) is 0 Å². The molecule has 0 aliphatic heterocycles. The number of nitrogens with one attached hydrogen (secondary N) is 4. The summed E-state index contributed by atoms with van der Waals surface area (Å²) in [4.78, 5) is 44.6. The number of hydrogen-bond acceptors (Lipinski definition) is 4. The maximum atomic E-state index is 11.4. The van der Waals surface area contributed by atoms with E-state index >= 15 is 0 Å². The lowest BCUT2D eigenvalue weighted by Crippen LogP contribution is -2.42. The Bertz CT molecular complexity index is 385. The van der Waals surface area contributed by atoms with E-state index in [0.29, 0.717) is 32.4 Å². The largest absolute Gasteiger partial charge is 0.356 e. The molecule has 0 radical (unpaired) electrons. The van der Waals surface area contributed by atoms with Crippen LogP contribution in [0.2, 0.25) is 0 Å². The smallest absolute Gasteiger partial charge is 0.238 e. The van der Waals surface area contributed by atoms with Gasteiger partial charge in [0.1, 0.15) is 0 Å². The summed E-state index contributed by atoms with van der Waals surface area (Å²) >= 11 is 0. The summed E-state index contributed by atoms with van der Waals surface area (Å²) < 4.78 is 0. The van der Waals surface area contributed by atoms with E-state index in [4.69, 9.17) is 0 Å². The molecule has 0 fully saturated rings. The van der Waals surface area contributed by atoms with Gasteiger partial charge in [-0.15, -0.1) is 0 Å². The molecule has 0 aromatic heterocycles. The zero-order chi connectivity index (χ0) is 16.8. The van der Waals surface area contributed by atoms with Crippen LogP contribution >= 0.6 is 0 Å². The predicted molar refractivity (Wildman–Crippen MR) is 81.4 cm³/mol. The maximum absolute atomic E-state index is 11.4. The monoisotopic (exact) mass is 314 g/mol. The van der Waals surface area contributed by atoms with Crippen LogP contribution in [0, 0.1) is 0 Å². The SMILES string of the molecule is CCCC(=O)NCCCC(=O)NNC(=O)CCCNC(C)=O. The highest BCUT2D eigenvalue weighted by Gasteiger charge is 2.05. The number of hydrogen-bond donors (Lipinski definition) is 4. The molecule has 0 aromatic rings. The molecule has 8 nitrogen and oxygen atoms in total. The Morgan fingerprint density at radius 1 is 0.727 bits per heavy atom. The molecule has 0 bridgehead atoms. The summed E-state index contributed by atoms with van der Waals surface area (Å²) in [6.45, 7) is 4.20. The molecule has 0 aliphatic rings. The van der Waals surface area contributed by atoms with E-state index in [9.17, 15) is 19.2 Å². The minimum absolute atomic E-state index is 0.0182. The molecular formula is C14H26N4O4. The molecule has 126 valence electrons. The summed E-state index contributed by atoms with van der Waals surface area (Å²) in [5.74, 6) is -0.773. The summed E-state index contributed by atoms with van der Waals surface area (Å²) in [5, 5.41) is 5.28. The van der Waals surface area contributed by atoms with Crippen molar-refractivity contribution in [3.63, 3.8) is 0 Å². The van der Waals surface area contributed by atoms with Crippen molar-refractivity contribution < 1.29 is 19.2 Å². The molecule has 0 aliphatic carbocycles. The van der Waals surface area contributed by atoms with Crippen molar-refractivity contribution in [3.8, 4) is 0 Å². The van der Waals surface area contributed by atoms with Crippen LogP contribution in [0.4, 0.5) is 0 Å². The molecule has 4 amide bonds. The van der Waals surface area contributed by atoms with Gasteiger partial charge in [0.2, 0.25) is 23.6 Å². The second kappa shape index (κ2) is 12.6. The predicted octanol–water partition coefficient (Wildman–Crippen LogP) is -0.253. The van der Waals surface area contributed by atoms with E-state index in [0.717, 1.165) is 6.42 Å². The highest BCUT2D eigenvalue weighted by molar-refractivity contribution is 5.82. The molecule has 0 saturated heterocycles. The standard InChI is InChI=1S/C14H26N4O4/c1-3-6-12(20)16-10-5-8-14(22)18-17-13(21)7-4-9-15-11(2)19/h3-10H2,1-2H3,(H,15,19)(H,16,20)(H,17,21)(H,18,22). The van der Waals surface area contributed by atoms with Gasteiger partial charge in [0.15, 0.2) is 0 Å². The number of carbonyl (C=O) groups is 4. The van der Waals surface area contributed by atoms with Crippen molar-refractivity contribution in [2.45, 2.75) is 52.4 Å². The Hall–Kier alpha value is -2.12. The van der Waals surface area contributed by atoms with E-state index in [1.54, 1.807) is 0 Å². The fourth-order valence-corrected chi connectivity index (χ4v) is 1.57. The van der Waals surface area contributed by atoms with E-state index in [2.05, 4.69) is 21.5 Å². The van der Waals surface area contributed by atoms with Gasteiger partial charge in [0.05, 0.1) is 0 Å². The van der Waals surface area contributed by atoms with Crippen LogP contribution < -0.4 is 21.5 Å². The molecule has 0 atom stereocenters. The van der Waals surface area contributed by atoms with Gasteiger partial charge in [-0.1, -0.05) is 6.92 Å². The first-order chi connectivity index (χ1) is 10.5. The zero-order valence-corrected chi connectivity index (χ0v) is 13.3. The number of amides is 4. The lowest BCUT2D eigenvalue weighted by atomic mass is 10.3. The summed E-state index contributed by atoms with van der Waals surface area (Å²) in [6, 6.07) is 0. The van der Waals surface area contributed by atoms with Crippen LogP contribution in [0.5, 0.6) is 0 Å². The zero-order valence-electron chi connectivity index (χ0n) is 13.3. The number of carbonyl (C=O) groups excluding carboxylic acids is 4. The molecular weight excluding hydrogens is 288 g/mol. The van der Waals surface area contributed by atoms with Crippen LogP contribution in [0.25, 0.3) is 0 Å². The highest BCUT2D eigenvalue weighted by Crippen LogP contribution is 1.90. The Labute approximate surface area is 130 Å². The van der Waals surface area contributed by atoms with Gasteiger partial charge in [-0.25, -0.2) is 0 Å². The van der Waals surface area contributed by atoms with Crippen LogP contribution in [0.1, 0.15) is 52.4 Å². The topological polar surface area (TPSA) is 116 Å². The highest BCUT2D eigenvalue weighted by atomic mass is 16.2. The Kier molecular flexibility index (Phi) is 11.4. The fraction of sp³-hybridized carbons (Fsp3) is 0.714. The third-order valence-electron chi connectivity index (χ3n) is 2.68. The third-order valence-corrected chi connectivity index (χ3v) is 2.68. The summed E-state index contributed by atoms with van der Waals surface area (Å²) in [6.07, 6.45) is 2.73. The molecule has 0 aromatic carbocycles. The number of hydrazine groups is 1. The van der Waals surface area contributed by atoms with Crippen molar-refractivity contribution in [1.82, 2.24) is 21.5 Å². The normalized spacial score (nSPS) is 9.73. The molecule has 22 heavy (non-hydrogen) atoms. The Balaban J connectivity index is 3.53. The first-order valence-corrected chi connectivity index (χ1v) is 7.54. The Morgan fingerprint density at radius 2 is 1.23 bits per heavy atom. The average molecular weight is 314 g/mol. The summed E-state index contributed by atoms with van der Waals surface area (Å²) in [7, 11) is 0. The van der Waals surface area contributed by atoms with Crippen molar-refractivity contribution >= 4 is 23.6 Å². The average Bonchev–Trinajstić information content (AvgIpc) is 2.46. The first-order valence-electron chi connectivity index (χ1n) is 7.54. The third kappa shape index (κ3) is 12.9. The van der Waals surface area contributed by atoms with E-state index < -0.39 is 0 Å². The lowest BCUT2D eigenvalue weighted by Gasteiger charge is -2.08. The second-order valence-electron chi connectivity index (χ2n) is 4.89. The van der Waals surface area contributed by atoms with E-state index in [-0.39, 0.29) is 36.5 Å². The molecule has 4 N–H and O–H groups in total. The van der Waals surface area contributed by atoms with Crippen molar-refractivity contribution in [1.29, 1.82) is 0 Å². The minimum atomic E-state index is -0.310. The minimum Gasteiger partial charge on any atom is -0.356 e. The summed E-state index contributed by atoms with van der Waals surface area (Å²) in [5.41, 5.74) is 4.61. The van der Waals surface area contributed by atoms with Gasteiger partial charge in [-0.05, 0) is 19.3 Å². The van der Waals surface area contributed by atoms with Gasteiger partial charge in [0, 0.05) is 39.3 Å². The molecule has 0 heterocycles. The fourth-order valence-electron chi connectivity index (χ4n) is 1.57. The van der Waals surface area contributed by atoms with Crippen LogP contribution in [0.15, 0.2) is 0 Å². The lowest BCUT2D eigenvalue weighted by molar-refractivity contribution is -0.129. The maximum Gasteiger partial charge on any atom is 0.238 e. The van der Waals surface area contributed by atoms with Gasteiger partial charge >= 0.3 is 0 Å². The quantitative estimate of drug-likeness (QED) is 0.328. The first kappa shape index (κ1) is 19.9. The van der Waals surface area contributed by atoms with Crippen molar-refractivity contribution in [2.24, 2.45) is 0 Å². The molecule has 0 saturated carbocycles. The van der Waals surface area contributed by atoms with Gasteiger partial charge in [-0.2, -0.15) is 0 Å². The van der Waals surface area contributed by atoms with Gasteiger partial charge < -0.3 is 10.6 Å². The van der Waals surface area contributed by atoms with E-state index in [1.165, 1.54) is 6.92 Å². The Morgan fingerprint density at radius 3 is 1.68 bits per heavy atom. The molecule has 8 heteroatoms. The van der Waals surface area contributed by atoms with E-state index in [1.807, 2.05) is 6.92 Å². The van der Waals surface area contributed by atoms with Crippen LogP contribution in [-0.4, -0.2) is 36.7 Å². The second-order valence-corrected chi connectivity index (χ2v) is 4.89. The van der Waals surface area contributed by atoms with Crippen molar-refractivity contribution in [2.75, 3.05) is 13.1 Å².